The van der Waals surface area contributed by atoms with Crippen molar-refractivity contribution in [1.29, 1.82) is 0 Å². The number of rotatable bonds is 8. The second kappa shape index (κ2) is 11.3. The van der Waals surface area contributed by atoms with Crippen LogP contribution >= 0.6 is 0 Å². The van der Waals surface area contributed by atoms with E-state index in [1.807, 2.05) is 20.8 Å². The lowest BCUT2D eigenvalue weighted by molar-refractivity contribution is -0.164. The summed E-state index contributed by atoms with van der Waals surface area (Å²) in [6, 6.07) is 0. The highest BCUT2D eigenvalue weighted by Crippen LogP contribution is 2.67. The first-order chi connectivity index (χ1) is 17.7. The summed E-state index contributed by atoms with van der Waals surface area (Å²) in [5.74, 6) is 4.02. The number of hydrogen-bond acceptors (Lipinski definition) is 4. The smallest absolute Gasteiger partial charge is 0.317 e. The molecule has 8 atom stereocenters. The van der Waals surface area contributed by atoms with Gasteiger partial charge in [-0.15, -0.1) is 0 Å². The van der Waals surface area contributed by atoms with Crippen molar-refractivity contribution in [2.75, 3.05) is 0 Å². The zero-order chi connectivity index (χ0) is 27.9. The van der Waals surface area contributed by atoms with Gasteiger partial charge in [-0.3, -0.25) is 9.59 Å². The Bertz CT molecular complexity index is 897. The lowest BCUT2D eigenvalue weighted by Crippen LogP contribution is -2.51. The Hall–Kier alpha value is -1.32. The highest BCUT2D eigenvalue weighted by Gasteiger charge is 2.59. The fourth-order valence-corrected chi connectivity index (χ4v) is 9.48. The molecule has 0 spiro atoms. The molecule has 0 N–H and O–H groups in total. The summed E-state index contributed by atoms with van der Waals surface area (Å²) >= 11 is 0. The summed E-state index contributed by atoms with van der Waals surface area (Å²) in [7, 11) is 0. The molecule has 0 saturated heterocycles. The minimum atomic E-state index is -0.589. The fraction of sp³-hybridized carbons (Fsp3) is 0.882. The molecular formula is C34H56O4. The van der Waals surface area contributed by atoms with E-state index in [-0.39, 0.29) is 17.9 Å². The lowest BCUT2D eigenvalue weighted by Gasteiger charge is -2.58. The maximum absolute atomic E-state index is 12.5. The quantitative estimate of drug-likeness (QED) is 0.180. The van der Waals surface area contributed by atoms with E-state index in [2.05, 4.69) is 40.7 Å². The molecule has 38 heavy (non-hydrogen) atoms. The summed E-state index contributed by atoms with van der Waals surface area (Å²) in [6.07, 6.45) is 15.9. The van der Waals surface area contributed by atoms with Crippen LogP contribution in [0.3, 0.4) is 0 Å². The molecule has 0 radical (unpaired) electrons. The molecule has 4 nitrogen and oxygen atoms in total. The van der Waals surface area contributed by atoms with Gasteiger partial charge in [0.1, 0.15) is 18.1 Å². The van der Waals surface area contributed by atoms with Crippen LogP contribution in [-0.4, -0.2) is 23.6 Å². The summed E-state index contributed by atoms with van der Waals surface area (Å²) in [5, 5.41) is 0. The minimum Gasteiger partial charge on any atom is -0.462 e. The molecule has 0 amide bonds. The Morgan fingerprint density at radius 1 is 0.974 bits per heavy atom. The van der Waals surface area contributed by atoms with Crippen molar-refractivity contribution in [1.82, 2.24) is 0 Å². The van der Waals surface area contributed by atoms with Crippen molar-refractivity contribution in [2.24, 2.45) is 46.3 Å². The van der Waals surface area contributed by atoms with Crippen LogP contribution in [0.5, 0.6) is 0 Å². The first-order valence-electron chi connectivity index (χ1n) is 15.8. The highest BCUT2D eigenvalue weighted by molar-refractivity contribution is 5.91. The van der Waals surface area contributed by atoms with Crippen LogP contribution in [0.25, 0.3) is 0 Å². The van der Waals surface area contributed by atoms with Crippen molar-refractivity contribution in [3.63, 3.8) is 0 Å². The van der Waals surface area contributed by atoms with Crippen molar-refractivity contribution >= 4 is 11.9 Å². The number of carbonyl (C=O) groups excluding carboxylic acids is 2. The summed E-state index contributed by atoms with van der Waals surface area (Å²) in [4.78, 5) is 24.6. The van der Waals surface area contributed by atoms with E-state index < -0.39 is 17.5 Å². The summed E-state index contributed by atoms with van der Waals surface area (Å²) in [6.45, 7) is 17.9. The number of esters is 2. The average Bonchev–Trinajstić information content (AvgIpc) is 3.15. The third-order valence-electron chi connectivity index (χ3n) is 11.3. The number of hydrogen-bond donors (Lipinski definition) is 0. The Balaban J connectivity index is 1.37. The predicted molar refractivity (Wildman–Crippen MR) is 153 cm³/mol. The van der Waals surface area contributed by atoms with E-state index in [1.165, 1.54) is 56.9 Å². The zero-order valence-corrected chi connectivity index (χ0v) is 25.7. The van der Waals surface area contributed by atoms with Crippen LogP contribution in [0, 0.1) is 46.3 Å². The summed E-state index contributed by atoms with van der Waals surface area (Å²) < 4.78 is 11.1. The van der Waals surface area contributed by atoms with Gasteiger partial charge in [-0.05, 0) is 112 Å². The maximum Gasteiger partial charge on any atom is 0.317 e. The van der Waals surface area contributed by atoms with Gasteiger partial charge >= 0.3 is 11.9 Å². The molecule has 216 valence electrons. The van der Waals surface area contributed by atoms with Gasteiger partial charge in [0.2, 0.25) is 0 Å². The highest BCUT2D eigenvalue weighted by atomic mass is 16.6. The van der Waals surface area contributed by atoms with Gasteiger partial charge in [-0.1, -0.05) is 65.5 Å². The number of fused-ring (bicyclic) bond motifs is 5. The molecule has 0 heterocycles. The van der Waals surface area contributed by atoms with Crippen LogP contribution in [-0.2, 0) is 19.1 Å². The molecule has 3 fully saturated rings. The molecule has 4 heteroatoms. The van der Waals surface area contributed by atoms with Gasteiger partial charge in [0.15, 0.2) is 0 Å². The van der Waals surface area contributed by atoms with E-state index in [4.69, 9.17) is 9.47 Å². The predicted octanol–water partition coefficient (Wildman–Crippen LogP) is 8.67. The van der Waals surface area contributed by atoms with Crippen LogP contribution in [0.4, 0.5) is 0 Å². The number of ether oxygens (including phenoxy) is 2. The lowest BCUT2D eigenvalue weighted by atomic mass is 9.47. The second-order valence-corrected chi connectivity index (χ2v) is 15.4. The first-order valence-corrected chi connectivity index (χ1v) is 15.8. The van der Waals surface area contributed by atoms with Gasteiger partial charge < -0.3 is 9.47 Å². The van der Waals surface area contributed by atoms with Gasteiger partial charge in [0, 0.05) is 6.42 Å². The normalized spacial score (nSPS) is 37.5. The van der Waals surface area contributed by atoms with E-state index in [1.54, 1.807) is 0 Å². The van der Waals surface area contributed by atoms with Crippen molar-refractivity contribution < 1.29 is 19.1 Å². The van der Waals surface area contributed by atoms with E-state index in [0.29, 0.717) is 5.41 Å². The monoisotopic (exact) mass is 528 g/mol. The molecule has 4 aliphatic rings. The first kappa shape index (κ1) is 29.7. The van der Waals surface area contributed by atoms with Crippen LogP contribution in [0.2, 0.25) is 0 Å². The largest absolute Gasteiger partial charge is 0.462 e. The zero-order valence-electron chi connectivity index (χ0n) is 25.7. The molecule has 0 aromatic heterocycles. The summed E-state index contributed by atoms with van der Waals surface area (Å²) in [5.41, 5.74) is 1.67. The van der Waals surface area contributed by atoms with Crippen molar-refractivity contribution in [2.45, 2.75) is 144 Å². The SMILES string of the molecule is CC(C)CCC[C@@H](C)[C@H]1CC[C@H]2[C@@H]3CC=C4C[C@@H](OC(=O)CC(=O)OC(C)(C)C)CC[C@]4(C)[C@H]3CC[C@]12C. The average molecular weight is 529 g/mol. The number of allylic oxidation sites excluding steroid dienone is 1. The van der Waals surface area contributed by atoms with Crippen LogP contribution in [0.15, 0.2) is 11.6 Å². The molecule has 4 aliphatic carbocycles. The third-order valence-corrected chi connectivity index (χ3v) is 11.3. The molecule has 0 aliphatic heterocycles. The third kappa shape index (κ3) is 6.20. The van der Waals surface area contributed by atoms with Gasteiger partial charge in [0.25, 0.3) is 0 Å². The fourth-order valence-electron chi connectivity index (χ4n) is 9.48. The minimum absolute atomic E-state index is 0.114. The Morgan fingerprint density at radius 3 is 2.39 bits per heavy atom. The topological polar surface area (TPSA) is 52.6 Å². The van der Waals surface area contributed by atoms with Crippen LogP contribution < -0.4 is 0 Å². The van der Waals surface area contributed by atoms with Gasteiger partial charge in [-0.25, -0.2) is 0 Å². The Labute approximate surface area is 233 Å². The molecule has 3 saturated carbocycles. The van der Waals surface area contributed by atoms with E-state index >= 15 is 0 Å². The Kier molecular flexibility index (Phi) is 8.80. The molecule has 4 rings (SSSR count). The van der Waals surface area contributed by atoms with Crippen LogP contribution in [0.1, 0.15) is 132 Å². The van der Waals surface area contributed by atoms with Crippen molar-refractivity contribution in [3.05, 3.63) is 11.6 Å². The standard InChI is InChI=1S/C34H56O4/c1-22(2)10-9-11-23(3)27-14-15-28-26-13-12-24-20-25(37-30(35)21-31(36)38-32(4,5)6)16-18-33(24,7)29(26)17-19-34(27,28)8/h12,22-23,25-29H,9-11,13-21H2,1-8H3/t23-,25+,26+,27-,28+,29+,33+,34-/m1/s1. The Morgan fingerprint density at radius 2 is 1.71 bits per heavy atom. The van der Waals surface area contributed by atoms with E-state index in [9.17, 15) is 9.59 Å². The van der Waals surface area contributed by atoms with E-state index in [0.717, 1.165) is 54.8 Å². The number of carbonyl (C=O) groups is 2. The molecule has 0 unspecified atom stereocenters. The molecule has 0 aromatic carbocycles. The molecular weight excluding hydrogens is 472 g/mol. The maximum atomic E-state index is 12.5. The van der Waals surface area contributed by atoms with Gasteiger partial charge in [0.05, 0.1) is 0 Å². The molecule has 0 bridgehead atoms. The van der Waals surface area contributed by atoms with Crippen molar-refractivity contribution in [3.8, 4) is 0 Å². The van der Waals surface area contributed by atoms with Gasteiger partial charge in [-0.2, -0.15) is 0 Å². The second-order valence-electron chi connectivity index (χ2n) is 15.4. The molecule has 0 aromatic rings.